The van der Waals surface area contributed by atoms with Gasteiger partial charge in [0.15, 0.2) is 6.10 Å². The van der Waals surface area contributed by atoms with Crippen molar-refractivity contribution in [3.8, 4) is 0 Å². The number of benzene rings is 1. The normalized spacial score (nSPS) is 25.9. The molecule has 0 saturated carbocycles. The van der Waals surface area contributed by atoms with E-state index in [1.807, 2.05) is 0 Å². The second-order valence-electron chi connectivity index (χ2n) is 4.44. The lowest BCUT2D eigenvalue weighted by atomic mass is 9.95. The average molecular weight is 256 g/mol. The highest BCUT2D eigenvalue weighted by molar-refractivity contribution is 5.79. The second kappa shape index (κ2) is 4.31. The molecule has 0 N–H and O–H groups in total. The van der Waals surface area contributed by atoms with Crippen molar-refractivity contribution in [2.24, 2.45) is 0 Å². The van der Waals surface area contributed by atoms with Crippen LogP contribution in [0, 0.1) is 18.6 Å². The second-order valence-corrected chi connectivity index (χ2v) is 4.44. The zero-order valence-corrected chi connectivity index (χ0v) is 10.4. The topological polar surface area (TPSA) is 38.8 Å². The molecule has 0 spiro atoms. The fourth-order valence-electron chi connectivity index (χ4n) is 1.93. The zero-order chi connectivity index (χ0) is 13.5. The summed E-state index contributed by atoms with van der Waals surface area (Å²) >= 11 is 0. The molecule has 1 aromatic carbocycles. The lowest BCUT2D eigenvalue weighted by Crippen LogP contribution is -2.20. The molecule has 1 fully saturated rings. The van der Waals surface area contributed by atoms with E-state index in [2.05, 4.69) is 0 Å². The van der Waals surface area contributed by atoms with Gasteiger partial charge in [-0.25, -0.2) is 13.6 Å². The molecule has 3 nitrogen and oxygen atoms in total. The lowest BCUT2D eigenvalue weighted by Gasteiger charge is -2.09. The minimum absolute atomic E-state index is 0.0450. The van der Waals surface area contributed by atoms with Gasteiger partial charge in [-0.3, -0.25) is 0 Å². The molecule has 1 aliphatic rings. The first kappa shape index (κ1) is 13.0. The first-order valence-corrected chi connectivity index (χ1v) is 5.70. The van der Waals surface area contributed by atoms with E-state index in [9.17, 15) is 13.6 Å². The Hall–Kier alpha value is -1.49. The third-order valence-electron chi connectivity index (χ3n) is 3.09. The van der Waals surface area contributed by atoms with Crippen LogP contribution < -0.4 is 0 Å². The third-order valence-corrected chi connectivity index (χ3v) is 3.09. The number of carbonyl (C=O) groups excluding carboxylic acids is 1. The van der Waals surface area contributed by atoms with E-state index in [1.54, 1.807) is 13.8 Å². The molecule has 18 heavy (non-hydrogen) atoms. The number of aryl methyl sites for hydroxylation is 1. The quantitative estimate of drug-likeness (QED) is 0.616. The molecule has 1 aromatic rings. The van der Waals surface area contributed by atoms with E-state index in [0.717, 1.165) is 12.1 Å². The van der Waals surface area contributed by atoms with Crippen LogP contribution in [-0.4, -0.2) is 18.7 Å². The summed E-state index contributed by atoms with van der Waals surface area (Å²) in [6, 6.07) is 2.17. The van der Waals surface area contributed by atoms with Crippen LogP contribution in [0.5, 0.6) is 0 Å². The Morgan fingerprint density at radius 2 is 2.11 bits per heavy atom. The van der Waals surface area contributed by atoms with Crippen molar-refractivity contribution >= 4 is 5.97 Å². The Bertz CT molecular complexity index is 501. The van der Waals surface area contributed by atoms with Crippen molar-refractivity contribution in [3.63, 3.8) is 0 Å². The van der Waals surface area contributed by atoms with Crippen molar-refractivity contribution in [1.82, 2.24) is 0 Å². The fraction of sp³-hybridized carbons (Fsp3) is 0.462. The van der Waals surface area contributed by atoms with Crippen LogP contribution in [0.3, 0.4) is 0 Å². The fourth-order valence-corrected chi connectivity index (χ4v) is 1.93. The number of esters is 1. The molecule has 2 rings (SSSR count). The van der Waals surface area contributed by atoms with Crippen molar-refractivity contribution in [3.05, 3.63) is 34.9 Å². The Morgan fingerprint density at radius 1 is 1.44 bits per heavy atom. The van der Waals surface area contributed by atoms with E-state index >= 15 is 0 Å². The van der Waals surface area contributed by atoms with Gasteiger partial charge >= 0.3 is 5.97 Å². The van der Waals surface area contributed by atoms with Crippen molar-refractivity contribution in [1.29, 1.82) is 0 Å². The van der Waals surface area contributed by atoms with Gasteiger partial charge in [0.25, 0.3) is 0 Å². The monoisotopic (exact) mass is 256 g/mol. The van der Waals surface area contributed by atoms with Gasteiger partial charge in [-0.2, -0.15) is 0 Å². The maximum Gasteiger partial charge on any atom is 0.338 e. The molecule has 0 aliphatic carbocycles. The Morgan fingerprint density at radius 3 is 2.72 bits per heavy atom. The first-order chi connectivity index (χ1) is 8.40. The van der Waals surface area contributed by atoms with Crippen LogP contribution in [0.15, 0.2) is 12.1 Å². The van der Waals surface area contributed by atoms with Gasteiger partial charge in [-0.15, -0.1) is 0 Å². The van der Waals surface area contributed by atoms with Crippen molar-refractivity contribution in [2.75, 3.05) is 6.61 Å². The molecular weight excluding hydrogens is 242 g/mol. The molecule has 1 aliphatic heterocycles. The number of halogens is 2. The zero-order valence-electron chi connectivity index (χ0n) is 10.4. The largest absolute Gasteiger partial charge is 0.464 e. The van der Waals surface area contributed by atoms with Gasteiger partial charge in [0.1, 0.15) is 17.2 Å². The lowest BCUT2D eigenvalue weighted by molar-refractivity contribution is -0.144. The Kier molecular flexibility index (Phi) is 3.11. The number of rotatable bonds is 3. The summed E-state index contributed by atoms with van der Waals surface area (Å²) in [6.45, 7) is 4.91. The van der Waals surface area contributed by atoms with Crippen LogP contribution in [-0.2, 0) is 19.9 Å². The summed E-state index contributed by atoms with van der Waals surface area (Å²) in [6.07, 6.45) is -0.867. The molecule has 0 aromatic heterocycles. The summed E-state index contributed by atoms with van der Waals surface area (Å²) in [4.78, 5) is 11.5. The van der Waals surface area contributed by atoms with Gasteiger partial charge < -0.3 is 9.47 Å². The van der Waals surface area contributed by atoms with Gasteiger partial charge in [-0.1, -0.05) is 0 Å². The summed E-state index contributed by atoms with van der Waals surface area (Å²) in [5.74, 6) is -1.66. The number of carbonyl (C=O) groups is 1. The highest BCUT2D eigenvalue weighted by Crippen LogP contribution is 2.47. The molecule has 0 amide bonds. The highest BCUT2D eigenvalue weighted by Gasteiger charge is 2.60. The maximum absolute atomic E-state index is 13.8. The van der Waals surface area contributed by atoms with E-state index in [1.165, 1.54) is 6.92 Å². The summed E-state index contributed by atoms with van der Waals surface area (Å²) in [7, 11) is 0. The first-order valence-electron chi connectivity index (χ1n) is 5.70. The number of epoxide rings is 1. The van der Waals surface area contributed by atoms with Crippen LogP contribution in [0.4, 0.5) is 8.78 Å². The summed E-state index contributed by atoms with van der Waals surface area (Å²) in [5, 5.41) is 0. The number of hydrogen-bond acceptors (Lipinski definition) is 3. The maximum atomic E-state index is 13.8. The van der Waals surface area contributed by atoms with Crippen LogP contribution in [0.1, 0.15) is 25.0 Å². The Balaban J connectivity index is 2.29. The number of hydrogen-bond donors (Lipinski definition) is 0. The predicted molar refractivity (Wildman–Crippen MR) is 60.0 cm³/mol. The molecule has 1 heterocycles. The molecule has 2 unspecified atom stereocenters. The van der Waals surface area contributed by atoms with E-state index in [0.29, 0.717) is 0 Å². The Labute approximate surface area is 104 Å². The van der Waals surface area contributed by atoms with Crippen molar-refractivity contribution < 1.29 is 23.0 Å². The van der Waals surface area contributed by atoms with E-state index < -0.39 is 29.3 Å². The smallest absolute Gasteiger partial charge is 0.338 e. The third kappa shape index (κ3) is 1.99. The molecule has 0 radical (unpaired) electrons. The van der Waals surface area contributed by atoms with E-state index in [4.69, 9.17) is 9.47 Å². The average Bonchev–Trinajstić information content (AvgIpc) is 2.98. The van der Waals surface area contributed by atoms with Crippen LogP contribution in [0.2, 0.25) is 0 Å². The predicted octanol–water partition coefficient (Wildman–Crippen LogP) is 2.45. The van der Waals surface area contributed by atoms with E-state index in [-0.39, 0.29) is 17.7 Å². The molecule has 5 heteroatoms. The molecule has 98 valence electrons. The van der Waals surface area contributed by atoms with Crippen LogP contribution in [0.25, 0.3) is 0 Å². The van der Waals surface area contributed by atoms with Crippen LogP contribution >= 0.6 is 0 Å². The van der Waals surface area contributed by atoms with Gasteiger partial charge in [0.2, 0.25) is 0 Å². The molecule has 0 bridgehead atoms. The highest BCUT2D eigenvalue weighted by atomic mass is 19.1. The standard InChI is InChI=1S/C13H14F2O3/c1-4-17-12(16)11-13(3,18-11)8-6-9(14)7(2)5-10(8)15/h5-6,11H,4H2,1-3H3. The SMILES string of the molecule is CCOC(=O)C1OC1(C)c1cc(F)c(C)cc1F. The van der Waals surface area contributed by atoms with Gasteiger partial charge in [-0.05, 0) is 38.5 Å². The minimum Gasteiger partial charge on any atom is -0.464 e. The van der Waals surface area contributed by atoms with Gasteiger partial charge in [0.05, 0.1) is 6.61 Å². The summed E-state index contributed by atoms with van der Waals surface area (Å²) < 4.78 is 37.2. The number of ether oxygens (including phenoxy) is 2. The minimum atomic E-state index is -1.13. The molecule has 2 atom stereocenters. The van der Waals surface area contributed by atoms with Crippen molar-refractivity contribution in [2.45, 2.75) is 32.5 Å². The molecule has 1 saturated heterocycles. The van der Waals surface area contributed by atoms with Gasteiger partial charge in [0, 0.05) is 5.56 Å². The molecular formula is C13H14F2O3. The summed E-state index contributed by atoms with van der Waals surface area (Å²) in [5.41, 5.74) is -0.873.